The van der Waals surface area contributed by atoms with Gasteiger partial charge < -0.3 is 15.8 Å². The first-order chi connectivity index (χ1) is 10.1. The number of benzene rings is 2. The average Bonchev–Trinajstić information content (AvgIpc) is 2.44. The summed E-state index contributed by atoms with van der Waals surface area (Å²) in [5, 5.41) is 2.82. The van der Waals surface area contributed by atoms with E-state index in [1.807, 2.05) is 12.1 Å². The number of nitrogens with one attached hydrogen (secondary N) is 1. The first-order valence-electron chi connectivity index (χ1n) is 6.71. The van der Waals surface area contributed by atoms with E-state index in [1.54, 1.807) is 12.1 Å². The monoisotopic (exact) mass is 286 g/mol. The molecule has 1 heterocycles. The standard InChI is InChI=1S/C16H15FN2O2/c17-12-5-10(6-13(18)8-12)9-21-14-2-3-15-11(7-14)1-4-16(20)19-15/h2-3,5-8H,1,4,9,18H2,(H,19,20). The maximum absolute atomic E-state index is 13.2. The van der Waals surface area contributed by atoms with Gasteiger partial charge in [-0.2, -0.15) is 0 Å². The van der Waals surface area contributed by atoms with E-state index >= 15 is 0 Å². The lowest BCUT2D eigenvalue weighted by atomic mass is 10.0. The number of carbonyl (C=O) groups is 1. The molecule has 3 rings (SSSR count). The van der Waals surface area contributed by atoms with E-state index in [1.165, 1.54) is 12.1 Å². The minimum atomic E-state index is -0.373. The third-order valence-corrected chi connectivity index (χ3v) is 3.36. The Morgan fingerprint density at radius 2 is 2.05 bits per heavy atom. The third-order valence-electron chi connectivity index (χ3n) is 3.36. The summed E-state index contributed by atoms with van der Waals surface area (Å²) >= 11 is 0. The first kappa shape index (κ1) is 13.4. The average molecular weight is 286 g/mol. The Bertz CT molecular complexity index is 680. The summed E-state index contributed by atoms with van der Waals surface area (Å²) in [5.41, 5.74) is 8.53. The molecular weight excluding hydrogens is 271 g/mol. The Labute approximate surface area is 121 Å². The molecule has 0 atom stereocenters. The van der Waals surface area contributed by atoms with Crippen molar-refractivity contribution in [3.05, 3.63) is 53.3 Å². The zero-order valence-electron chi connectivity index (χ0n) is 11.4. The van der Waals surface area contributed by atoms with Crippen molar-refractivity contribution in [1.82, 2.24) is 0 Å². The van der Waals surface area contributed by atoms with Gasteiger partial charge in [-0.15, -0.1) is 0 Å². The number of hydrogen-bond acceptors (Lipinski definition) is 3. The lowest BCUT2D eigenvalue weighted by molar-refractivity contribution is -0.116. The predicted molar refractivity (Wildman–Crippen MR) is 78.5 cm³/mol. The lowest BCUT2D eigenvalue weighted by Crippen LogP contribution is -2.18. The van der Waals surface area contributed by atoms with Gasteiger partial charge in [-0.05, 0) is 53.9 Å². The third kappa shape index (κ3) is 3.13. The van der Waals surface area contributed by atoms with Gasteiger partial charge in [0, 0.05) is 17.8 Å². The Balaban J connectivity index is 1.72. The molecule has 0 aliphatic carbocycles. The van der Waals surface area contributed by atoms with Crippen LogP contribution in [0.4, 0.5) is 15.8 Å². The summed E-state index contributed by atoms with van der Waals surface area (Å²) in [6.45, 7) is 0.243. The van der Waals surface area contributed by atoms with Gasteiger partial charge in [-0.25, -0.2) is 4.39 Å². The summed E-state index contributed by atoms with van der Waals surface area (Å²) in [5.74, 6) is 0.348. The fraction of sp³-hybridized carbons (Fsp3) is 0.188. The van der Waals surface area contributed by atoms with Crippen molar-refractivity contribution in [1.29, 1.82) is 0 Å². The van der Waals surface area contributed by atoms with Gasteiger partial charge in [-0.1, -0.05) is 0 Å². The smallest absolute Gasteiger partial charge is 0.224 e. The molecule has 0 fully saturated rings. The molecule has 0 radical (unpaired) electrons. The highest BCUT2D eigenvalue weighted by Crippen LogP contribution is 2.27. The van der Waals surface area contributed by atoms with Crippen molar-refractivity contribution in [2.45, 2.75) is 19.4 Å². The van der Waals surface area contributed by atoms with Crippen molar-refractivity contribution in [3.8, 4) is 5.75 Å². The van der Waals surface area contributed by atoms with E-state index in [2.05, 4.69) is 5.32 Å². The highest BCUT2D eigenvalue weighted by Gasteiger charge is 2.15. The van der Waals surface area contributed by atoms with Crippen molar-refractivity contribution in [3.63, 3.8) is 0 Å². The first-order valence-corrected chi connectivity index (χ1v) is 6.71. The number of anilines is 2. The van der Waals surface area contributed by atoms with Gasteiger partial charge in [0.25, 0.3) is 0 Å². The normalized spacial score (nSPS) is 13.5. The van der Waals surface area contributed by atoms with Gasteiger partial charge in [0.2, 0.25) is 5.91 Å². The van der Waals surface area contributed by atoms with Crippen LogP contribution in [0.5, 0.6) is 5.75 Å². The molecule has 2 aromatic rings. The molecule has 0 saturated carbocycles. The van der Waals surface area contributed by atoms with Crippen LogP contribution in [0.25, 0.3) is 0 Å². The van der Waals surface area contributed by atoms with E-state index in [-0.39, 0.29) is 18.3 Å². The Morgan fingerprint density at radius 1 is 1.19 bits per heavy atom. The number of amides is 1. The van der Waals surface area contributed by atoms with E-state index in [0.717, 1.165) is 11.3 Å². The van der Waals surface area contributed by atoms with Crippen LogP contribution >= 0.6 is 0 Å². The molecule has 1 aliphatic rings. The number of nitrogens with two attached hydrogens (primary N) is 1. The van der Waals surface area contributed by atoms with E-state index < -0.39 is 0 Å². The predicted octanol–water partition coefficient (Wildman–Crippen LogP) is 2.87. The van der Waals surface area contributed by atoms with Crippen molar-refractivity contribution in [2.75, 3.05) is 11.1 Å². The van der Waals surface area contributed by atoms with Crippen LogP contribution in [0, 0.1) is 5.82 Å². The molecule has 3 N–H and O–H groups in total. The summed E-state index contributed by atoms with van der Waals surface area (Å²) < 4.78 is 18.9. The van der Waals surface area contributed by atoms with Gasteiger partial charge in [0.15, 0.2) is 0 Å². The fourth-order valence-electron chi connectivity index (χ4n) is 2.37. The van der Waals surface area contributed by atoms with Crippen LogP contribution in [0.1, 0.15) is 17.5 Å². The minimum absolute atomic E-state index is 0.0337. The zero-order chi connectivity index (χ0) is 14.8. The molecule has 0 unspecified atom stereocenters. The number of carbonyl (C=O) groups excluding carboxylic acids is 1. The quantitative estimate of drug-likeness (QED) is 0.853. The van der Waals surface area contributed by atoms with Gasteiger partial charge in [-0.3, -0.25) is 4.79 Å². The molecule has 5 heteroatoms. The van der Waals surface area contributed by atoms with Crippen LogP contribution in [-0.4, -0.2) is 5.91 Å². The molecule has 21 heavy (non-hydrogen) atoms. The van der Waals surface area contributed by atoms with Crippen molar-refractivity contribution in [2.24, 2.45) is 0 Å². The fourth-order valence-corrected chi connectivity index (χ4v) is 2.37. The minimum Gasteiger partial charge on any atom is -0.489 e. The summed E-state index contributed by atoms with van der Waals surface area (Å²) in [7, 11) is 0. The summed E-state index contributed by atoms with van der Waals surface area (Å²) in [4.78, 5) is 11.3. The highest BCUT2D eigenvalue weighted by atomic mass is 19.1. The van der Waals surface area contributed by atoms with E-state index in [0.29, 0.717) is 29.8 Å². The molecule has 1 aliphatic heterocycles. The maximum Gasteiger partial charge on any atom is 0.224 e. The number of hydrogen-bond donors (Lipinski definition) is 2. The largest absolute Gasteiger partial charge is 0.489 e. The number of nitrogen functional groups attached to an aromatic ring is 1. The number of rotatable bonds is 3. The molecule has 4 nitrogen and oxygen atoms in total. The highest BCUT2D eigenvalue weighted by molar-refractivity contribution is 5.93. The second-order valence-electron chi connectivity index (χ2n) is 5.05. The van der Waals surface area contributed by atoms with Gasteiger partial charge >= 0.3 is 0 Å². The SMILES string of the molecule is Nc1cc(F)cc(COc2ccc3c(c2)CCC(=O)N3)c1. The molecule has 1 amide bonds. The Morgan fingerprint density at radius 3 is 2.86 bits per heavy atom. The molecule has 0 bridgehead atoms. The second-order valence-corrected chi connectivity index (χ2v) is 5.05. The molecule has 0 spiro atoms. The Hall–Kier alpha value is -2.56. The molecule has 0 saturated heterocycles. The van der Waals surface area contributed by atoms with Crippen LogP contribution < -0.4 is 15.8 Å². The van der Waals surface area contributed by atoms with Crippen LogP contribution in [0.2, 0.25) is 0 Å². The van der Waals surface area contributed by atoms with Gasteiger partial charge in [0.1, 0.15) is 18.2 Å². The number of fused-ring (bicyclic) bond motifs is 1. The lowest BCUT2D eigenvalue weighted by Gasteiger charge is -2.17. The Kier molecular flexibility index (Phi) is 3.48. The number of ether oxygens (including phenoxy) is 1. The summed E-state index contributed by atoms with van der Waals surface area (Å²) in [6.07, 6.45) is 1.18. The second kappa shape index (κ2) is 5.44. The molecule has 2 aromatic carbocycles. The zero-order valence-corrected chi connectivity index (χ0v) is 11.4. The van der Waals surface area contributed by atoms with E-state index in [4.69, 9.17) is 10.5 Å². The van der Waals surface area contributed by atoms with Crippen LogP contribution in [0.3, 0.4) is 0 Å². The van der Waals surface area contributed by atoms with Crippen LogP contribution in [-0.2, 0) is 17.8 Å². The molecular formula is C16H15FN2O2. The molecule has 108 valence electrons. The van der Waals surface area contributed by atoms with Crippen LogP contribution in [0.15, 0.2) is 36.4 Å². The van der Waals surface area contributed by atoms with Gasteiger partial charge in [0.05, 0.1) is 0 Å². The van der Waals surface area contributed by atoms with Crippen molar-refractivity contribution < 1.29 is 13.9 Å². The number of halogens is 1. The summed E-state index contributed by atoms with van der Waals surface area (Å²) in [6, 6.07) is 9.86. The van der Waals surface area contributed by atoms with Crippen molar-refractivity contribution >= 4 is 17.3 Å². The maximum atomic E-state index is 13.2. The van der Waals surface area contributed by atoms with E-state index in [9.17, 15) is 9.18 Å². The number of aryl methyl sites for hydroxylation is 1. The topological polar surface area (TPSA) is 64.3 Å². The molecule has 0 aromatic heterocycles.